The zero-order valence-corrected chi connectivity index (χ0v) is 18.3. The fraction of sp³-hybridized carbons (Fsp3) is 0.217. The summed E-state index contributed by atoms with van der Waals surface area (Å²) in [6, 6.07) is 0.0553. The van der Waals surface area contributed by atoms with E-state index in [0.717, 1.165) is 16.7 Å². The van der Waals surface area contributed by atoms with E-state index in [9.17, 15) is 0 Å². The minimum Gasteiger partial charge on any atom is -0.384 e. The van der Waals surface area contributed by atoms with Crippen LogP contribution in [0, 0.1) is 5.41 Å². The summed E-state index contributed by atoms with van der Waals surface area (Å²) in [5.74, 6) is 0.651. The Morgan fingerprint density at radius 1 is 1.26 bits per heavy atom. The summed E-state index contributed by atoms with van der Waals surface area (Å²) in [4.78, 5) is 15.9. The molecule has 3 heterocycles. The van der Waals surface area contributed by atoms with Gasteiger partial charge in [0.1, 0.15) is 11.8 Å². The van der Waals surface area contributed by atoms with Gasteiger partial charge >= 0.3 is 0 Å². The summed E-state index contributed by atoms with van der Waals surface area (Å²) in [6.07, 6.45) is 16.7. The van der Waals surface area contributed by atoms with E-state index in [2.05, 4.69) is 57.4 Å². The summed E-state index contributed by atoms with van der Waals surface area (Å²) in [6.45, 7) is 6.30. The predicted molar refractivity (Wildman–Crippen MR) is 126 cm³/mol. The molecule has 2 aromatic heterocycles. The number of rotatable bonds is 5. The maximum atomic E-state index is 8.38. The molecule has 0 amide bonds. The molecule has 0 bridgehead atoms. The fourth-order valence-corrected chi connectivity index (χ4v) is 3.92. The molecule has 0 fully saturated rings. The van der Waals surface area contributed by atoms with Crippen LogP contribution in [0.2, 0.25) is 0 Å². The molecule has 0 radical (unpaired) electrons. The third kappa shape index (κ3) is 4.22. The zero-order chi connectivity index (χ0) is 22.0. The number of nitrogens with one attached hydrogen (secondary N) is 4. The Kier molecular flexibility index (Phi) is 5.86. The van der Waals surface area contributed by atoms with E-state index in [4.69, 9.17) is 17.0 Å². The van der Waals surface area contributed by atoms with E-state index in [1.807, 2.05) is 30.5 Å². The molecule has 31 heavy (non-hydrogen) atoms. The third-order valence-corrected chi connectivity index (χ3v) is 5.76. The van der Waals surface area contributed by atoms with Gasteiger partial charge in [-0.15, -0.1) is 0 Å². The van der Waals surface area contributed by atoms with E-state index >= 15 is 0 Å². The van der Waals surface area contributed by atoms with E-state index in [-0.39, 0.29) is 12.1 Å². The van der Waals surface area contributed by atoms with Crippen molar-refractivity contribution >= 4 is 34.3 Å². The van der Waals surface area contributed by atoms with Crippen molar-refractivity contribution < 1.29 is 0 Å². The first kappa shape index (κ1) is 20.8. The van der Waals surface area contributed by atoms with Crippen molar-refractivity contribution in [2.75, 3.05) is 5.32 Å². The fourth-order valence-electron chi connectivity index (χ4n) is 3.74. The summed E-state index contributed by atoms with van der Waals surface area (Å²) >= 11 is 6.21. The van der Waals surface area contributed by atoms with Gasteiger partial charge in [-0.1, -0.05) is 29.8 Å². The van der Waals surface area contributed by atoms with Crippen molar-refractivity contribution in [2.45, 2.75) is 32.9 Å². The van der Waals surface area contributed by atoms with Gasteiger partial charge in [0.25, 0.3) is 0 Å². The highest BCUT2D eigenvalue weighted by Gasteiger charge is 2.20. The van der Waals surface area contributed by atoms with Crippen molar-refractivity contribution in [3.8, 4) is 0 Å². The van der Waals surface area contributed by atoms with Gasteiger partial charge in [0, 0.05) is 11.6 Å². The molecule has 8 heteroatoms. The number of imidazole rings is 1. The molecule has 0 aromatic carbocycles. The van der Waals surface area contributed by atoms with Gasteiger partial charge in [-0.2, -0.15) is 0 Å². The van der Waals surface area contributed by atoms with Gasteiger partial charge in [-0.25, -0.2) is 15.0 Å². The first-order valence-electron chi connectivity index (χ1n) is 10.0. The second kappa shape index (κ2) is 8.73. The second-order valence-electron chi connectivity index (χ2n) is 7.49. The molecule has 158 valence electrons. The van der Waals surface area contributed by atoms with Crippen LogP contribution in [0.4, 0.5) is 5.82 Å². The number of aromatic amines is 1. The molecule has 0 spiro atoms. The van der Waals surface area contributed by atoms with Crippen LogP contribution in [-0.2, 0) is 0 Å². The van der Waals surface area contributed by atoms with Crippen LogP contribution in [-0.4, -0.2) is 37.7 Å². The largest absolute Gasteiger partial charge is 0.384 e. The van der Waals surface area contributed by atoms with Gasteiger partial charge < -0.3 is 15.6 Å². The van der Waals surface area contributed by atoms with Crippen molar-refractivity contribution in [1.29, 1.82) is 5.41 Å². The monoisotopic (exact) mass is 433 g/mol. The molecule has 1 unspecified atom stereocenters. The summed E-state index contributed by atoms with van der Waals surface area (Å²) in [7, 11) is 0. The number of dihydropyridines is 1. The van der Waals surface area contributed by atoms with Gasteiger partial charge in [0.2, 0.25) is 0 Å². The average Bonchev–Trinajstić information content (AvgIpc) is 3.24. The normalized spacial score (nSPS) is 21.5. The lowest BCUT2D eigenvalue weighted by Gasteiger charge is -2.25. The van der Waals surface area contributed by atoms with Gasteiger partial charge in [0.05, 0.1) is 23.1 Å². The number of H-pyrrole nitrogens is 1. The molecule has 2 aromatic rings. The Bertz CT molecular complexity index is 1210. The van der Waals surface area contributed by atoms with Crippen LogP contribution in [0.25, 0.3) is 11.2 Å². The zero-order valence-electron chi connectivity index (χ0n) is 17.6. The second-order valence-corrected chi connectivity index (χ2v) is 7.89. The number of anilines is 1. The van der Waals surface area contributed by atoms with Gasteiger partial charge in [-0.05, 0) is 61.9 Å². The van der Waals surface area contributed by atoms with E-state index in [1.54, 1.807) is 12.4 Å². The van der Waals surface area contributed by atoms with Crippen molar-refractivity contribution in [1.82, 2.24) is 25.3 Å². The summed E-state index contributed by atoms with van der Waals surface area (Å²) in [5, 5.41) is 15.6. The number of fused-ring (bicyclic) bond motifs is 1. The number of hydrogen-bond acceptors (Lipinski definition) is 6. The molecular formula is C23H24ClN7. The van der Waals surface area contributed by atoms with E-state index in [1.165, 1.54) is 11.9 Å². The molecule has 4 N–H and O–H groups in total. The summed E-state index contributed by atoms with van der Waals surface area (Å²) < 4.78 is 0. The van der Waals surface area contributed by atoms with Gasteiger partial charge in [-0.3, -0.25) is 5.41 Å². The maximum Gasteiger partial charge on any atom is 0.162 e. The quantitative estimate of drug-likeness (QED) is 0.554. The number of hydrogen-bond donors (Lipinski definition) is 4. The molecule has 2 atom stereocenters. The Hall–Kier alpha value is -3.45. The SMILES string of the molecule is C/C(C1=CC=CNC1C)=C(\C=C1\C=CC=C(Cl)C1=N)[C@@H](C)Nc1ncnc2[nH]cnc12. The lowest BCUT2D eigenvalue weighted by molar-refractivity contribution is 0.720. The number of halogens is 1. The smallest absolute Gasteiger partial charge is 0.162 e. The lowest BCUT2D eigenvalue weighted by atomic mass is 9.89. The Labute approximate surface area is 185 Å². The highest BCUT2D eigenvalue weighted by atomic mass is 35.5. The van der Waals surface area contributed by atoms with Crippen molar-refractivity contribution in [3.63, 3.8) is 0 Å². The maximum absolute atomic E-state index is 8.38. The van der Waals surface area contributed by atoms with E-state index in [0.29, 0.717) is 27.7 Å². The Balaban J connectivity index is 1.77. The van der Waals surface area contributed by atoms with Crippen LogP contribution in [0.1, 0.15) is 20.8 Å². The molecule has 0 saturated heterocycles. The number of aromatic nitrogens is 4. The van der Waals surface area contributed by atoms with E-state index < -0.39 is 0 Å². The Morgan fingerprint density at radius 3 is 2.90 bits per heavy atom. The minimum absolute atomic E-state index is 0.118. The highest BCUT2D eigenvalue weighted by molar-refractivity contribution is 6.46. The lowest BCUT2D eigenvalue weighted by Crippen LogP contribution is -2.27. The first-order chi connectivity index (χ1) is 15.0. The molecular weight excluding hydrogens is 410 g/mol. The molecule has 4 rings (SSSR count). The Morgan fingerprint density at radius 2 is 2.10 bits per heavy atom. The highest BCUT2D eigenvalue weighted by Crippen LogP contribution is 2.28. The number of allylic oxidation sites excluding steroid dienone is 7. The first-order valence-corrected chi connectivity index (χ1v) is 10.4. The van der Waals surface area contributed by atoms with Crippen LogP contribution in [0.5, 0.6) is 0 Å². The number of nitrogens with zero attached hydrogens (tertiary/aromatic N) is 3. The topological polar surface area (TPSA) is 102 Å². The predicted octanol–water partition coefficient (Wildman–Crippen LogP) is 4.54. The molecule has 1 aliphatic carbocycles. The van der Waals surface area contributed by atoms with Crippen LogP contribution in [0.15, 0.2) is 82.6 Å². The average molecular weight is 434 g/mol. The third-order valence-electron chi connectivity index (χ3n) is 5.44. The van der Waals surface area contributed by atoms with Crippen LogP contribution < -0.4 is 10.6 Å². The molecule has 2 aliphatic rings. The molecule has 1 aliphatic heterocycles. The molecule has 7 nitrogen and oxygen atoms in total. The minimum atomic E-state index is -0.118. The molecule has 0 saturated carbocycles. The standard InChI is InChI=1S/C23H24ClN7/c1-13(17-7-5-9-26-14(17)2)18(10-16-6-4-8-19(24)20(16)25)15(3)31-23-21-22(28-11-27-21)29-12-30-23/h4-12,14-15,25-26H,1-3H3,(H2,27,28,29,30,31)/b16-10-,18-13-,25-20?/t14?,15-/m1/s1. The van der Waals surface area contributed by atoms with Crippen LogP contribution in [0.3, 0.4) is 0 Å². The summed E-state index contributed by atoms with van der Waals surface area (Å²) in [5.41, 5.74) is 5.77. The van der Waals surface area contributed by atoms with Crippen LogP contribution >= 0.6 is 11.6 Å². The van der Waals surface area contributed by atoms with Crippen molar-refractivity contribution in [2.24, 2.45) is 0 Å². The van der Waals surface area contributed by atoms with Gasteiger partial charge in [0.15, 0.2) is 11.5 Å². The van der Waals surface area contributed by atoms with Crippen molar-refractivity contribution in [3.05, 3.63) is 82.6 Å².